The third-order valence-electron chi connectivity index (χ3n) is 6.07. The maximum absolute atomic E-state index is 12.0. The molecule has 4 heteroatoms. The van der Waals surface area contributed by atoms with Gasteiger partial charge in [-0.3, -0.25) is 0 Å². The molecule has 1 unspecified atom stereocenters. The smallest absolute Gasteiger partial charge is 0.336 e. The number of hydrogen-bond acceptors (Lipinski definition) is 2. The molecule has 142 valence electrons. The van der Waals surface area contributed by atoms with Crippen LogP contribution in [0.5, 0.6) is 0 Å². The Labute approximate surface area is 160 Å². The molecule has 4 rings (SSSR count). The molecule has 4 nitrogen and oxygen atoms in total. The standard InChI is InChI=1S/C23H28N2O2/c1-17-7-4-5-13-25(17)14-6-12-24-16-19-15-22(26)27-21-11-10-18-8-2-3-9-20(18)23(19)21/h2-3,8-11,15,17,24H,4-7,12-14,16H2,1H3/p+2/t17-/m1/s1. The van der Waals surface area contributed by atoms with Crippen molar-refractivity contribution < 1.29 is 14.6 Å². The molecule has 2 heterocycles. The highest BCUT2D eigenvalue weighted by molar-refractivity contribution is 6.06. The molecule has 0 amide bonds. The topological polar surface area (TPSA) is 51.3 Å². The average Bonchev–Trinajstić information content (AvgIpc) is 2.68. The van der Waals surface area contributed by atoms with Crippen molar-refractivity contribution in [2.24, 2.45) is 0 Å². The summed E-state index contributed by atoms with van der Waals surface area (Å²) in [5.41, 5.74) is 1.51. The number of quaternary nitrogens is 2. The summed E-state index contributed by atoms with van der Waals surface area (Å²) in [7, 11) is 0. The molecule has 1 aliphatic heterocycles. The van der Waals surface area contributed by atoms with E-state index in [-0.39, 0.29) is 5.63 Å². The Balaban J connectivity index is 1.45. The Bertz CT molecular complexity index is 979. The van der Waals surface area contributed by atoms with Gasteiger partial charge in [-0.05, 0) is 43.0 Å². The van der Waals surface area contributed by atoms with Gasteiger partial charge in [-0.1, -0.05) is 30.3 Å². The molecule has 3 N–H and O–H groups in total. The van der Waals surface area contributed by atoms with Gasteiger partial charge in [-0.2, -0.15) is 0 Å². The lowest BCUT2D eigenvalue weighted by atomic mass is 10.0. The first-order valence-electron chi connectivity index (χ1n) is 10.3. The highest BCUT2D eigenvalue weighted by atomic mass is 16.4. The second kappa shape index (κ2) is 8.24. The maximum Gasteiger partial charge on any atom is 0.336 e. The lowest BCUT2D eigenvalue weighted by Gasteiger charge is -2.29. The summed E-state index contributed by atoms with van der Waals surface area (Å²) in [6.45, 7) is 6.90. The second-order valence-corrected chi connectivity index (χ2v) is 7.94. The summed E-state index contributed by atoms with van der Waals surface area (Å²) in [6.07, 6.45) is 5.37. The van der Waals surface area contributed by atoms with Crippen molar-refractivity contribution in [2.75, 3.05) is 19.6 Å². The van der Waals surface area contributed by atoms with Crippen LogP contribution in [0.15, 0.2) is 51.7 Å². The number of nitrogens with two attached hydrogens (primary N) is 1. The average molecular weight is 367 g/mol. The van der Waals surface area contributed by atoms with Crippen LogP contribution in [0.25, 0.3) is 21.7 Å². The van der Waals surface area contributed by atoms with E-state index in [1.165, 1.54) is 44.2 Å². The van der Waals surface area contributed by atoms with Crippen LogP contribution in [0.3, 0.4) is 0 Å². The number of nitrogens with one attached hydrogen (secondary N) is 1. The molecule has 2 aromatic carbocycles. The molecule has 1 fully saturated rings. The molecule has 1 aromatic heterocycles. The zero-order chi connectivity index (χ0) is 18.6. The van der Waals surface area contributed by atoms with Crippen molar-refractivity contribution in [3.8, 4) is 0 Å². The SMILES string of the molecule is C[C@@H]1CCCC[NH+]1CCC[NH2+]Cc1cc(=O)oc2ccc3ccccc3c12. The highest BCUT2D eigenvalue weighted by Gasteiger charge is 2.21. The lowest BCUT2D eigenvalue weighted by molar-refractivity contribution is -0.930. The molecule has 0 radical (unpaired) electrons. The molecular formula is C23H30N2O2+2. The number of fused-ring (bicyclic) bond motifs is 3. The number of benzene rings is 2. The fourth-order valence-electron chi connectivity index (χ4n) is 4.54. The van der Waals surface area contributed by atoms with Crippen LogP contribution < -0.4 is 15.8 Å². The molecule has 3 aromatic rings. The molecule has 2 atom stereocenters. The van der Waals surface area contributed by atoms with Gasteiger partial charge in [0.2, 0.25) is 0 Å². The Morgan fingerprint density at radius 3 is 2.96 bits per heavy atom. The van der Waals surface area contributed by atoms with E-state index < -0.39 is 0 Å². The zero-order valence-electron chi connectivity index (χ0n) is 16.2. The quantitative estimate of drug-likeness (QED) is 0.397. The fourth-order valence-corrected chi connectivity index (χ4v) is 4.54. The highest BCUT2D eigenvalue weighted by Crippen LogP contribution is 2.26. The first kappa shape index (κ1) is 18.2. The largest absolute Gasteiger partial charge is 0.423 e. The van der Waals surface area contributed by atoms with Crippen LogP contribution in [0, 0.1) is 0 Å². The van der Waals surface area contributed by atoms with E-state index >= 15 is 0 Å². The number of piperidine rings is 1. The minimum absolute atomic E-state index is 0.257. The van der Waals surface area contributed by atoms with E-state index in [1.54, 1.807) is 11.0 Å². The first-order valence-corrected chi connectivity index (χ1v) is 10.3. The summed E-state index contributed by atoms with van der Waals surface area (Å²) in [6, 6.07) is 14.7. The third-order valence-corrected chi connectivity index (χ3v) is 6.07. The summed E-state index contributed by atoms with van der Waals surface area (Å²) in [5, 5.41) is 5.76. The molecule has 0 bridgehead atoms. The predicted octanol–water partition coefficient (Wildman–Crippen LogP) is 1.86. The van der Waals surface area contributed by atoms with Crippen molar-refractivity contribution in [3.63, 3.8) is 0 Å². The Hall–Kier alpha value is -2.17. The van der Waals surface area contributed by atoms with Crippen LogP contribution in [0.4, 0.5) is 0 Å². The molecule has 0 saturated carbocycles. The van der Waals surface area contributed by atoms with Crippen molar-refractivity contribution >= 4 is 21.7 Å². The van der Waals surface area contributed by atoms with Crippen LogP contribution >= 0.6 is 0 Å². The van der Waals surface area contributed by atoms with Crippen molar-refractivity contribution in [1.82, 2.24) is 0 Å². The lowest BCUT2D eigenvalue weighted by Crippen LogP contribution is -3.16. The summed E-state index contributed by atoms with van der Waals surface area (Å²) in [5.74, 6) is 0. The van der Waals surface area contributed by atoms with Gasteiger partial charge in [0.25, 0.3) is 0 Å². The molecule has 1 saturated heterocycles. The second-order valence-electron chi connectivity index (χ2n) is 7.94. The zero-order valence-corrected chi connectivity index (χ0v) is 16.2. The Morgan fingerprint density at radius 2 is 2.07 bits per heavy atom. The van der Waals surface area contributed by atoms with Gasteiger partial charge in [0, 0.05) is 23.4 Å². The van der Waals surface area contributed by atoms with Crippen molar-refractivity contribution in [3.05, 3.63) is 58.4 Å². The minimum Gasteiger partial charge on any atom is -0.423 e. The summed E-state index contributed by atoms with van der Waals surface area (Å²) in [4.78, 5) is 13.8. The van der Waals surface area contributed by atoms with Crippen molar-refractivity contribution in [1.29, 1.82) is 0 Å². The normalized spacial score (nSPS) is 20.3. The van der Waals surface area contributed by atoms with Gasteiger partial charge >= 0.3 is 5.63 Å². The van der Waals surface area contributed by atoms with E-state index in [9.17, 15) is 4.79 Å². The van der Waals surface area contributed by atoms with Crippen LogP contribution in [0.1, 0.15) is 38.2 Å². The van der Waals surface area contributed by atoms with E-state index in [0.717, 1.165) is 35.5 Å². The molecule has 0 aliphatic carbocycles. The van der Waals surface area contributed by atoms with Crippen LogP contribution in [-0.4, -0.2) is 25.7 Å². The first-order chi connectivity index (χ1) is 13.2. The van der Waals surface area contributed by atoms with Gasteiger partial charge in [0.05, 0.1) is 25.7 Å². The fraction of sp³-hybridized carbons (Fsp3) is 0.435. The Kier molecular flexibility index (Phi) is 5.55. The van der Waals surface area contributed by atoms with E-state index in [1.807, 2.05) is 24.3 Å². The van der Waals surface area contributed by atoms with E-state index in [4.69, 9.17) is 4.42 Å². The minimum atomic E-state index is -0.257. The van der Waals surface area contributed by atoms with Gasteiger partial charge in [0.1, 0.15) is 12.1 Å². The van der Waals surface area contributed by atoms with Gasteiger partial charge in [-0.25, -0.2) is 4.79 Å². The molecule has 27 heavy (non-hydrogen) atoms. The summed E-state index contributed by atoms with van der Waals surface area (Å²) >= 11 is 0. The van der Waals surface area contributed by atoms with E-state index in [2.05, 4.69) is 24.4 Å². The maximum atomic E-state index is 12.0. The number of rotatable bonds is 6. The van der Waals surface area contributed by atoms with Gasteiger partial charge < -0.3 is 14.6 Å². The van der Waals surface area contributed by atoms with Crippen LogP contribution in [0.2, 0.25) is 0 Å². The number of likely N-dealkylation sites (tertiary alicyclic amines) is 1. The van der Waals surface area contributed by atoms with E-state index in [0.29, 0.717) is 5.58 Å². The van der Waals surface area contributed by atoms with Crippen LogP contribution in [-0.2, 0) is 6.54 Å². The van der Waals surface area contributed by atoms with Gasteiger partial charge in [-0.15, -0.1) is 0 Å². The summed E-state index contributed by atoms with van der Waals surface area (Å²) < 4.78 is 5.46. The molecule has 1 aliphatic rings. The third kappa shape index (κ3) is 4.07. The van der Waals surface area contributed by atoms with Gasteiger partial charge in [0.15, 0.2) is 0 Å². The van der Waals surface area contributed by atoms with Crippen molar-refractivity contribution in [2.45, 2.75) is 45.2 Å². The molecule has 0 spiro atoms. The predicted molar refractivity (Wildman–Crippen MR) is 109 cm³/mol. The monoisotopic (exact) mass is 366 g/mol. The molecular weight excluding hydrogens is 336 g/mol. The number of hydrogen-bond donors (Lipinski definition) is 2. The Morgan fingerprint density at radius 1 is 1.19 bits per heavy atom.